The molecule has 4 aromatic rings. The molecule has 7 heteroatoms. The van der Waals surface area contributed by atoms with Gasteiger partial charge < -0.3 is 9.80 Å². The van der Waals surface area contributed by atoms with Crippen molar-refractivity contribution in [2.24, 2.45) is 0 Å². The van der Waals surface area contributed by atoms with Crippen molar-refractivity contribution >= 4 is 38.8 Å². The van der Waals surface area contributed by atoms with Gasteiger partial charge in [0.2, 0.25) is 0 Å². The summed E-state index contributed by atoms with van der Waals surface area (Å²) in [6.45, 7) is 2.08. The Labute approximate surface area is 190 Å². The highest BCUT2D eigenvalue weighted by molar-refractivity contribution is 7.22. The fourth-order valence-electron chi connectivity index (χ4n) is 4.07. The van der Waals surface area contributed by atoms with Gasteiger partial charge in [-0.25, -0.2) is 4.98 Å². The molecule has 0 saturated carbocycles. The Morgan fingerprint density at radius 3 is 2.45 bits per heavy atom. The van der Waals surface area contributed by atoms with Gasteiger partial charge in [-0.15, -0.1) is 11.3 Å². The molecule has 0 aliphatic carbocycles. The van der Waals surface area contributed by atoms with E-state index in [2.05, 4.69) is 41.0 Å². The van der Waals surface area contributed by atoms with E-state index in [1.54, 1.807) is 10.9 Å². The summed E-state index contributed by atoms with van der Waals surface area (Å²) in [5, 5.41) is 0.694. The molecule has 0 amide bonds. The molecule has 1 fully saturated rings. The number of hydrogen-bond acceptors (Lipinski definition) is 5. The quantitative estimate of drug-likeness (QED) is 0.443. The zero-order valence-electron chi connectivity index (χ0n) is 17.5. The second-order valence-corrected chi connectivity index (χ2v) is 9.61. The molecule has 158 valence electrons. The lowest BCUT2D eigenvalue weighted by molar-refractivity contribution is 0.315. The van der Waals surface area contributed by atoms with Crippen molar-refractivity contribution in [3.63, 3.8) is 0 Å². The van der Waals surface area contributed by atoms with Crippen molar-refractivity contribution in [3.8, 4) is 16.1 Å². The summed E-state index contributed by atoms with van der Waals surface area (Å²) >= 11 is 7.46. The number of fused-ring (bicyclic) bond motifs is 1. The molecule has 0 bridgehead atoms. The Bertz CT molecular complexity index is 1280. The first kappa shape index (κ1) is 20.2. The Kier molecular flexibility index (Phi) is 5.30. The first-order chi connectivity index (χ1) is 15.0. The van der Waals surface area contributed by atoms with Gasteiger partial charge >= 0.3 is 0 Å². The minimum absolute atomic E-state index is 0.0446. The van der Waals surface area contributed by atoms with E-state index in [9.17, 15) is 4.79 Å². The normalized spacial score (nSPS) is 16.5. The first-order valence-electron chi connectivity index (χ1n) is 10.3. The zero-order chi connectivity index (χ0) is 21.5. The number of likely N-dealkylation sites (N-methyl/N-ethyl adjacent to an activating group) is 1. The Balaban J connectivity index is 1.44. The Hall–Kier alpha value is -2.67. The molecule has 0 N–H and O–H groups in total. The van der Waals surface area contributed by atoms with Crippen molar-refractivity contribution in [3.05, 3.63) is 76.3 Å². The smallest absolute Gasteiger partial charge is 0.275 e. The molecule has 0 spiro atoms. The third-order valence-corrected chi connectivity index (χ3v) is 7.37. The fraction of sp³-hybridized carbons (Fsp3) is 0.250. The molecular weight excluding hydrogens is 428 g/mol. The van der Waals surface area contributed by atoms with Gasteiger partial charge in [-0.05, 0) is 68.5 Å². The fourth-order valence-corrected chi connectivity index (χ4v) is 5.25. The highest BCUT2D eigenvalue weighted by Crippen LogP contribution is 2.31. The summed E-state index contributed by atoms with van der Waals surface area (Å²) < 4.78 is 2.28. The third kappa shape index (κ3) is 3.87. The highest BCUT2D eigenvalue weighted by Gasteiger charge is 2.24. The van der Waals surface area contributed by atoms with Crippen LogP contribution < -0.4 is 10.5 Å². The van der Waals surface area contributed by atoms with Gasteiger partial charge in [0.25, 0.3) is 5.56 Å². The van der Waals surface area contributed by atoms with Crippen LogP contribution in [0.25, 0.3) is 26.3 Å². The molecule has 1 atom stereocenters. The van der Waals surface area contributed by atoms with Crippen molar-refractivity contribution in [2.75, 3.05) is 32.1 Å². The molecule has 3 heterocycles. The van der Waals surface area contributed by atoms with E-state index in [1.165, 1.54) is 23.4 Å². The lowest BCUT2D eigenvalue weighted by Gasteiger charge is -2.22. The maximum Gasteiger partial charge on any atom is 0.275 e. The van der Waals surface area contributed by atoms with Gasteiger partial charge in [0.15, 0.2) is 0 Å². The number of nitrogens with zero attached hydrogens (tertiary/aromatic N) is 4. The predicted molar refractivity (Wildman–Crippen MR) is 130 cm³/mol. The summed E-state index contributed by atoms with van der Waals surface area (Å²) in [6, 6.07) is 18.4. The number of benzene rings is 2. The maximum absolute atomic E-state index is 13.2. The van der Waals surface area contributed by atoms with Gasteiger partial charge in [-0.2, -0.15) is 0 Å². The molecule has 2 aromatic carbocycles. The second-order valence-electron chi connectivity index (χ2n) is 8.12. The summed E-state index contributed by atoms with van der Waals surface area (Å²) in [6.07, 6.45) is 2.79. The standard InChI is InChI=1S/C24H23ClN4OS/c1-27(2)20-11-12-28(14-20)18-7-9-19(10-8-18)29-15-26-21-13-22(31-23(21)24(29)30)16-3-5-17(25)6-4-16/h3-10,13,15,20H,11-12,14H2,1-2H3. The number of anilines is 1. The van der Waals surface area contributed by atoms with Crippen LogP contribution in [-0.4, -0.2) is 47.7 Å². The molecule has 0 radical (unpaired) electrons. The first-order valence-corrected chi connectivity index (χ1v) is 11.5. The van der Waals surface area contributed by atoms with Crippen LogP contribution in [0, 0.1) is 0 Å². The van der Waals surface area contributed by atoms with E-state index in [-0.39, 0.29) is 5.56 Å². The van der Waals surface area contributed by atoms with E-state index in [0.717, 1.165) is 34.7 Å². The second kappa shape index (κ2) is 8.11. The van der Waals surface area contributed by atoms with Crippen molar-refractivity contribution in [1.82, 2.24) is 14.5 Å². The van der Waals surface area contributed by atoms with E-state index in [1.807, 2.05) is 42.5 Å². The molecule has 2 aromatic heterocycles. The number of hydrogen-bond donors (Lipinski definition) is 0. The molecular formula is C24H23ClN4OS. The molecule has 1 saturated heterocycles. The van der Waals surface area contributed by atoms with E-state index < -0.39 is 0 Å². The van der Waals surface area contributed by atoms with Gasteiger partial charge in [-0.3, -0.25) is 9.36 Å². The molecule has 1 aliphatic rings. The van der Waals surface area contributed by atoms with Crippen molar-refractivity contribution < 1.29 is 0 Å². The van der Waals surface area contributed by atoms with Crippen LogP contribution in [0.4, 0.5) is 5.69 Å². The largest absolute Gasteiger partial charge is 0.370 e. The van der Waals surface area contributed by atoms with Gasteiger partial charge in [0.05, 0.1) is 11.2 Å². The number of rotatable bonds is 4. The van der Waals surface area contributed by atoms with Crippen LogP contribution >= 0.6 is 22.9 Å². The van der Waals surface area contributed by atoms with Crippen LogP contribution in [0.3, 0.4) is 0 Å². The average molecular weight is 451 g/mol. The van der Waals surface area contributed by atoms with Gasteiger partial charge in [0, 0.05) is 34.7 Å². The summed E-state index contributed by atoms with van der Waals surface area (Å²) in [4.78, 5) is 23.4. The van der Waals surface area contributed by atoms with E-state index in [4.69, 9.17) is 11.6 Å². The topological polar surface area (TPSA) is 41.4 Å². The van der Waals surface area contributed by atoms with Crippen molar-refractivity contribution in [1.29, 1.82) is 0 Å². The zero-order valence-corrected chi connectivity index (χ0v) is 19.0. The summed E-state index contributed by atoms with van der Waals surface area (Å²) in [5.74, 6) is 0. The molecule has 1 unspecified atom stereocenters. The lowest BCUT2D eigenvalue weighted by Crippen LogP contribution is -2.31. The Morgan fingerprint density at radius 1 is 1.06 bits per heavy atom. The summed E-state index contributed by atoms with van der Waals surface area (Å²) in [7, 11) is 4.27. The molecule has 1 aliphatic heterocycles. The Morgan fingerprint density at radius 2 is 1.77 bits per heavy atom. The number of thiophene rings is 1. The molecule has 31 heavy (non-hydrogen) atoms. The minimum Gasteiger partial charge on any atom is -0.370 e. The monoisotopic (exact) mass is 450 g/mol. The third-order valence-electron chi connectivity index (χ3n) is 5.95. The number of halogens is 1. The van der Waals surface area contributed by atoms with E-state index in [0.29, 0.717) is 15.8 Å². The van der Waals surface area contributed by atoms with Crippen LogP contribution in [-0.2, 0) is 0 Å². The van der Waals surface area contributed by atoms with Gasteiger partial charge in [-0.1, -0.05) is 23.7 Å². The van der Waals surface area contributed by atoms with Crippen LogP contribution in [0.15, 0.2) is 65.7 Å². The van der Waals surface area contributed by atoms with E-state index >= 15 is 0 Å². The maximum atomic E-state index is 13.2. The predicted octanol–water partition coefficient (Wildman–Crippen LogP) is 4.91. The van der Waals surface area contributed by atoms with Crippen LogP contribution in [0.5, 0.6) is 0 Å². The summed E-state index contributed by atoms with van der Waals surface area (Å²) in [5.41, 5.74) is 3.73. The molecule has 5 nitrogen and oxygen atoms in total. The van der Waals surface area contributed by atoms with Crippen LogP contribution in [0.1, 0.15) is 6.42 Å². The minimum atomic E-state index is -0.0446. The number of aromatic nitrogens is 2. The van der Waals surface area contributed by atoms with Crippen LogP contribution in [0.2, 0.25) is 5.02 Å². The SMILES string of the molecule is CN(C)C1CCN(c2ccc(-n3cnc4cc(-c5ccc(Cl)cc5)sc4c3=O)cc2)C1. The lowest BCUT2D eigenvalue weighted by atomic mass is 10.2. The highest BCUT2D eigenvalue weighted by atomic mass is 35.5. The van der Waals surface area contributed by atoms with Gasteiger partial charge in [0.1, 0.15) is 11.0 Å². The average Bonchev–Trinajstić information content (AvgIpc) is 3.43. The molecule has 5 rings (SSSR count). The van der Waals surface area contributed by atoms with Crippen molar-refractivity contribution in [2.45, 2.75) is 12.5 Å².